The molecule has 1 amide bonds. The van der Waals surface area contributed by atoms with Crippen molar-refractivity contribution in [2.45, 2.75) is 6.92 Å². The summed E-state index contributed by atoms with van der Waals surface area (Å²) in [4.78, 5) is 29.8. The van der Waals surface area contributed by atoms with E-state index in [-0.39, 0.29) is 5.91 Å². The first kappa shape index (κ1) is 25.0. The lowest BCUT2D eigenvalue weighted by Gasteiger charge is -2.09. The van der Waals surface area contributed by atoms with E-state index in [0.29, 0.717) is 28.2 Å². The van der Waals surface area contributed by atoms with Crippen molar-refractivity contribution in [1.29, 1.82) is 0 Å². The van der Waals surface area contributed by atoms with Gasteiger partial charge < -0.3 is 15.2 Å². The zero-order chi connectivity index (χ0) is 26.7. The molecule has 0 aliphatic rings. The minimum absolute atomic E-state index is 0.220. The van der Waals surface area contributed by atoms with E-state index in [2.05, 4.69) is 30.6 Å². The minimum Gasteiger partial charge on any atom is -0.338 e. The molecule has 5 aromatic rings. The molecule has 10 heteroatoms. The lowest BCUT2D eigenvalue weighted by molar-refractivity contribution is 0.102. The Morgan fingerprint density at radius 2 is 1.79 bits per heavy atom. The summed E-state index contributed by atoms with van der Waals surface area (Å²) in [7, 11) is -2.32. The molecule has 3 aromatic heterocycles. The van der Waals surface area contributed by atoms with Crippen LogP contribution >= 0.6 is 7.14 Å². The molecule has 0 aliphatic heterocycles. The third-order valence-electron chi connectivity index (χ3n) is 5.99. The maximum Gasteiger partial charge on any atom is 0.257 e. The number of fused-ring (bicyclic) bond motifs is 1. The van der Waals surface area contributed by atoms with Gasteiger partial charge in [-0.1, -0.05) is 6.07 Å². The van der Waals surface area contributed by atoms with Crippen LogP contribution in [0.15, 0.2) is 79.6 Å². The number of hydrogen-bond acceptors (Lipinski definition) is 7. The van der Waals surface area contributed by atoms with Gasteiger partial charge in [0, 0.05) is 35.3 Å². The molecule has 3 heterocycles. The smallest absolute Gasteiger partial charge is 0.257 e. The van der Waals surface area contributed by atoms with Crippen molar-refractivity contribution in [2.75, 3.05) is 24.0 Å². The van der Waals surface area contributed by atoms with Gasteiger partial charge in [0.1, 0.15) is 19.8 Å². The summed E-state index contributed by atoms with van der Waals surface area (Å²) >= 11 is 0. The van der Waals surface area contributed by atoms with Gasteiger partial charge in [0.05, 0.1) is 5.56 Å². The molecule has 2 aromatic carbocycles. The van der Waals surface area contributed by atoms with Gasteiger partial charge in [-0.25, -0.2) is 15.0 Å². The first-order valence-corrected chi connectivity index (χ1v) is 14.5. The molecule has 0 unspecified atom stereocenters. The highest BCUT2D eigenvalue weighted by molar-refractivity contribution is 7.70. The Kier molecular flexibility index (Phi) is 6.85. The predicted molar refractivity (Wildman–Crippen MR) is 153 cm³/mol. The number of benzene rings is 2. The van der Waals surface area contributed by atoms with E-state index >= 15 is 0 Å². The molecule has 5 rings (SSSR count). The van der Waals surface area contributed by atoms with Crippen LogP contribution in [0.5, 0.6) is 0 Å². The van der Waals surface area contributed by atoms with Crippen LogP contribution in [0.3, 0.4) is 0 Å². The monoisotopic (exact) mass is 523 g/mol. The summed E-state index contributed by atoms with van der Waals surface area (Å²) < 4.78 is 14.1. The zero-order valence-electron chi connectivity index (χ0n) is 21.2. The first-order chi connectivity index (χ1) is 18.3. The van der Waals surface area contributed by atoms with Gasteiger partial charge in [0.2, 0.25) is 0 Å². The van der Waals surface area contributed by atoms with Gasteiger partial charge in [0.25, 0.3) is 5.91 Å². The number of aryl methyl sites for hydroxylation is 1. The maximum absolute atomic E-state index is 12.5. The Morgan fingerprint density at radius 3 is 2.53 bits per heavy atom. The highest BCUT2D eigenvalue weighted by Crippen LogP contribution is 2.35. The fourth-order valence-corrected chi connectivity index (χ4v) is 4.72. The van der Waals surface area contributed by atoms with Crippen molar-refractivity contribution in [3.63, 3.8) is 0 Å². The SMILES string of the molecule is Cc1ccc(NC(=O)c2cccnc2)cc1/C=C/n1cnc2c(Nc3ccc(P(C)(C)=O)cc3)ncnc21. The Balaban J connectivity index is 1.36. The molecule has 0 fully saturated rings. The van der Waals surface area contributed by atoms with Gasteiger partial charge in [0.15, 0.2) is 17.0 Å². The number of anilines is 3. The van der Waals surface area contributed by atoms with Gasteiger partial charge >= 0.3 is 0 Å². The van der Waals surface area contributed by atoms with Crippen LogP contribution in [0.25, 0.3) is 23.4 Å². The third-order valence-corrected chi connectivity index (χ3v) is 7.53. The van der Waals surface area contributed by atoms with Crippen molar-refractivity contribution in [3.05, 3.63) is 96.3 Å². The Bertz CT molecular complexity index is 1690. The molecular weight excluding hydrogens is 497 g/mol. The Labute approximate surface area is 220 Å². The fourth-order valence-electron chi connectivity index (χ4n) is 3.85. The van der Waals surface area contributed by atoms with E-state index in [1.807, 2.05) is 66.2 Å². The zero-order valence-corrected chi connectivity index (χ0v) is 22.1. The van der Waals surface area contributed by atoms with Gasteiger partial charge in [-0.3, -0.25) is 14.3 Å². The van der Waals surface area contributed by atoms with Crippen LogP contribution in [0, 0.1) is 6.92 Å². The number of rotatable bonds is 7. The number of carbonyl (C=O) groups excluding carboxylic acids is 1. The maximum atomic E-state index is 12.5. The normalized spacial score (nSPS) is 11.7. The number of aromatic nitrogens is 5. The van der Waals surface area contributed by atoms with Crippen molar-refractivity contribution < 1.29 is 9.36 Å². The average molecular weight is 524 g/mol. The van der Waals surface area contributed by atoms with Gasteiger partial charge in [-0.15, -0.1) is 0 Å². The fraction of sp³-hybridized carbons (Fsp3) is 0.107. The van der Waals surface area contributed by atoms with Crippen LogP contribution in [-0.4, -0.2) is 43.7 Å². The molecule has 190 valence electrons. The highest BCUT2D eigenvalue weighted by atomic mass is 31.2. The summed E-state index contributed by atoms with van der Waals surface area (Å²) in [5.41, 5.74) is 5.23. The second-order valence-electron chi connectivity index (χ2n) is 9.15. The van der Waals surface area contributed by atoms with Crippen molar-refractivity contribution in [3.8, 4) is 0 Å². The molecule has 0 aliphatic carbocycles. The van der Waals surface area contributed by atoms with Gasteiger partial charge in [-0.2, -0.15) is 0 Å². The molecule has 0 saturated carbocycles. The van der Waals surface area contributed by atoms with Gasteiger partial charge in [-0.05, 0) is 86.0 Å². The number of nitrogens with zero attached hydrogens (tertiary/aromatic N) is 5. The van der Waals surface area contributed by atoms with E-state index in [4.69, 9.17) is 0 Å². The first-order valence-electron chi connectivity index (χ1n) is 11.9. The predicted octanol–water partition coefficient (Wildman–Crippen LogP) is 5.40. The largest absolute Gasteiger partial charge is 0.338 e. The van der Waals surface area contributed by atoms with E-state index in [9.17, 15) is 9.36 Å². The number of imidazole rings is 1. The molecule has 38 heavy (non-hydrogen) atoms. The highest BCUT2D eigenvalue weighted by Gasteiger charge is 2.13. The van der Waals surface area contributed by atoms with E-state index in [0.717, 1.165) is 22.1 Å². The standard InChI is InChI=1S/C28H26N7O2P/c1-19-6-7-23(34-28(36)21-5-4-13-29-16-21)15-20(19)12-14-35-18-32-25-26(30-17-31-27(25)35)33-22-8-10-24(11-9-22)38(2,3)37/h4-18H,1-3H3,(H,34,36)(H,30,31,33)/b14-12+. The number of carbonyl (C=O) groups is 1. The number of nitrogens with one attached hydrogen (secondary N) is 2. The van der Waals surface area contributed by atoms with Crippen LogP contribution in [-0.2, 0) is 4.57 Å². The molecule has 2 N–H and O–H groups in total. The molecule has 0 atom stereocenters. The second kappa shape index (κ2) is 10.4. The van der Waals surface area contributed by atoms with Crippen molar-refractivity contribution in [2.24, 2.45) is 0 Å². The van der Waals surface area contributed by atoms with Crippen molar-refractivity contribution in [1.82, 2.24) is 24.5 Å². The second-order valence-corrected chi connectivity index (χ2v) is 12.4. The number of pyridine rings is 1. The molecule has 0 radical (unpaired) electrons. The molecular formula is C28H26N7O2P. The summed E-state index contributed by atoms with van der Waals surface area (Å²) in [6.07, 6.45) is 10.1. The Hall–Kier alpha value is -4.62. The number of amides is 1. The van der Waals surface area contributed by atoms with Crippen molar-refractivity contribution >= 4 is 59.0 Å². The van der Waals surface area contributed by atoms with E-state index in [1.54, 1.807) is 38.0 Å². The van der Waals surface area contributed by atoms with Crippen LogP contribution in [0.4, 0.5) is 17.2 Å². The topological polar surface area (TPSA) is 115 Å². The minimum atomic E-state index is -2.32. The third kappa shape index (κ3) is 5.53. The summed E-state index contributed by atoms with van der Waals surface area (Å²) in [6, 6.07) is 16.7. The molecule has 0 bridgehead atoms. The quantitative estimate of drug-likeness (QED) is 0.275. The van der Waals surface area contributed by atoms with Crippen LogP contribution in [0.2, 0.25) is 0 Å². The molecule has 0 spiro atoms. The summed E-state index contributed by atoms with van der Waals surface area (Å²) in [5.74, 6) is 0.352. The van der Waals surface area contributed by atoms with Crippen LogP contribution in [0.1, 0.15) is 21.5 Å². The molecule has 9 nitrogen and oxygen atoms in total. The Morgan fingerprint density at radius 1 is 1.00 bits per heavy atom. The van der Waals surface area contributed by atoms with E-state index < -0.39 is 7.14 Å². The van der Waals surface area contributed by atoms with Crippen LogP contribution < -0.4 is 15.9 Å². The summed E-state index contributed by atoms with van der Waals surface area (Å²) in [6.45, 7) is 5.50. The lowest BCUT2D eigenvalue weighted by atomic mass is 10.1. The average Bonchev–Trinajstić information content (AvgIpc) is 3.33. The molecule has 0 saturated heterocycles. The van der Waals surface area contributed by atoms with E-state index in [1.165, 1.54) is 12.5 Å². The number of hydrogen-bond donors (Lipinski definition) is 2. The summed E-state index contributed by atoms with van der Waals surface area (Å²) in [5, 5.41) is 7.01. The lowest BCUT2D eigenvalue weighted by Crippen LogP contribution is -2.12.